The highest BCUT2D eigenvalue weighted by atomic mass is 32.1. The molecule has 59 heavy (non-hydrogen) atoms. The molecule has 0 aromatic heterocycles. The molecule has 0 saturated heterocycles. The van der Waals surface area contributed by atoms with E-state index in [1.807, 2.05) is 0 Å². The third-order valence-electron chi connectivity index (χ3n) is 10.3. The Bertz CT molecular complexity index is 1260. The molecule has 0 radical (unpaired) electrons. The third kappa shape index (κ3) is 34.0. The van der Waals surface area contributed by atoms with E-state index < -0.39 is 45.2 Å². The highest BCUT2D eigenvalue weighted by Gasteiger charge is 2.33. The van der Waals surface area contributed by atoms with Crippen LogP contribution in [-0.2, 0) is 36.9 Å². The highest BCUT2D eigenvalue weighted by molar-refractivity contribution is 7.80. The maximum atomic E-state index is 12.2. The van der Waals surface area contributed by atoms with E-state index in [1.54, 1.807) is 13.8 Å². The molecule has 0 rings (SSSR count). The Kier molecular flexibility index (Phi) is 30.1. The van der Waals surface area contributed by atoms with Gasteiger partial charge in [-0.2, -0.15) is 0 Å². The molecule has 0 aliphatic heterocycles. The molecular formula is C45H84O8S2Si4. The number of ketones is 2. The summed E-state index contributed by atoms with van der Waals surface area (Å²) in [6.07, 6.45) is 16.6. The first-order valence-electron chi connectivity index (χ1n) is 22.5. The van der Waals surface area contributed by atoms with Gasteiger partial charge in [0.05, 0.1) is 13.2 Å². The van der Waals surface area contributed by atoms with Gasteiger partial charge in [0.2, 0.25) is 0 Å². The van der Waals surface area contributed by atoms with Gasteiger partial charge >= 0.3 is 11.9 Å². The summed E-state index contributed by atoms with van der Waals surface area (Å²) in [5.41, 5.74) is 0.760. The molecule has 0 aromatic rings. The Labute approximate surface area is 375 Å². The summed E-state index contributed by atoms with van der Waals surface area (Å²) in [5.74, 6) is -0.318. The fraction of sp³-hybridized carbons (Fsp3) is 0.778. The van der Waals surface area contributed by atoms with Crippen LogP contribution in [0, 0.1) is 0 Å². The minimum Gasteiger partial charge on any atom is -0.462 e. The summed E-state index contributed by atoms with van der Waals surface area (Å²) in [6.45, 7) is 29.6. The second-order valence-electron chi connectivity index (χ2n) is 19.1. The van der Waals surface area contributed by atoms with Crippen molar-refractivity contribution in [2.75, 3.05) is 13.2 Å². The molecule has 14 heteroatoms. The smallest absolute Gasteiger partial charge is 0.333 e. The van der Waals surface area contributed by atoms with Gasteiger partial charge in [-0.1, -0.05) is 63.3 Å². The molecule has 340 valence electrons. The zero-order chi connectivity index (χ0) is 45.1. The van der Waals surface area contributed by atoms with E-state index in [4.69, 9.17) is 42.1 Å². The number of thiocarbonyl (C=S) groups is 2. The lowest BCUT2D eigenvalue weighted by Crippen LogP contribution is -2.44. The maximum absolute atomic E-state index is 12.2. The van der Waals surface area contributed by atoms with Crippen molar-refractivity contribution >= 4 is 90.9 Å². The number of esters is 2. The van der Waals surface area contributed by atoms with Gasteiger partial charge in [-0.25, -0.2) is 9.59 Å². The van der Waals surface area contributed by atoms with Crippen LogP contribution in [0.5, 0.6) is 0 Å². The van der Waals surface area contributed by atoms with Crippen molar-refractivity contribution in [3.8, 4) is 0 Å². The average Bonchev–Trinajstić information content (AvgIpc) is 3.11. The van der Waals surface area contributed by atoms with Gasteiger partial charge in [-0.05, 0) is 171 Å². The summed E-state index contributed by atoms with van der Waals surface area (Å²) in [7, 11) is -7.14. The fourth-order valence-corrected chi connectivity index (χ4v) is 25.9. The molecule has 0 saturated carbocycles. The number of Topliss-reactive ketones (excluding diaryl/α,β-unsaturated/α-hetero) is 2. The van der Waals surface area contributed by atoms with Crippen molar-refractivity contribution in [2.24, 2.45) is 0 Å². The van der Waals surface area contributed by atoms with Gasteiger partial charge in [-0.3, -0.25) is 9.59 Å². The van der Waals surface area contributed by atoms with Crippen LogP contribution in [0.1, 0.15) is 136 Å². The van der Waals surface area contributed by atoms with Gasteiger partial charge in [-0.15, -0.1) is 0 Å². The van der Waals surface area contributed by atoms with E-state index in [0.717, 1.165) is 108 Å². The van der Waals surface area contributed by atoms with Gasteiger partial charge in [0.1, 0.15) is 11.6 Å². The molecule has 0 atom stereocenters. The molecule has 0 aromatic carbocycles. The Morgan fingerprint density at radius 2 is 0.661 bits per heavy atom. The van der Waals surface area contributed by atoms with E-state index >= 15 is 0 Å². The van der Waals surface area contributed by atoms with E-state index in [9.17, 15) is 19.2 Å². The van der Waals surface area contributed by atoms with Gasteiger partial charge < -0.3 is 17.7 Å². The normalized spacial score (nSPS) is 12.2. The summed E-state index contributed by atoms with van der Waals surface area (Å²) in [4.78, 5) is 49.7. The Morgan fingerprint density at radius 3 is 0.949 bits per heavy atom. The van der Waals surface area contributed by atoms with Crippen LogP contribution in [0.4, 0.5) is 0 Å². The number of carbonyl (C=O) groups is 4. The molecule has 0 aliphatic carbocycles. The van der Waals surface area contributed by atoms with Crippen LogP contribution in [0.3, 0.4) is 0 Å². The van der Waals surface area contributed by atoms with Gasteiger partial charge in [0, 0.05) is 36.8 Å². The van der Waals surface area contributed by atoms with E-state index in [-0.39, 0.29) is 24.8 Å². The van der Waals surface area contributed by atoms with E-state index in [1.165, 1.54) is 9.73 Å². The monoisotopic (exact) mass is 928 g/mol. The first-order valence-corrected chi connectivity index (χ1v) is 35.8. The lowest BCUT2D eigenvalue weighted by atomic mass is 10.1. The largest absolute Gasteiger partial charge is 0.462 e. The second kappa shape index (κ2) is 30.7. The van der Waals surface area contributed by atoms with Crippen molar-refractivity contribution in [2.45, 2.75) is 212 Å². The summed E-state index contributed by atoms with van der Waals surface area (Å²) in [6, 6.07) is 4.44. The lowest BCUT2D eigenvalue weighted by Gasteiger charge is -2.34. The lowest BCUT2D eigenvalue weighted by molar-refractivity contribution is -0.140. The first kappa shape index (κ1) is 57.7. The highest BCUT2D eigenvalue weighted by Crippen LogP contribution is 2.27. The zero-order valence-electron chi connectivity index (χ0n) is 39.2. The zero-order valence-corrected chi connectivity index (χ0v) is 44.8. The molecule has 0 spiro atoms. The molecular weight excluding hydrogens is 845 g/mol. The van der Waals surface area contributed by atoms with Crippen LogP contribution in [0.2, 0.25) is 76.6 Å². The second-order valence-corrected chi connectivity index (χ2v) is 38.0. The van der Waals surface area contributed by atoms with Gasteiger partial charge in [0.15, 0.2) is 33.3 Å². The summed E-state index contributed by atoms with van der Waals surface area (Å²) in [5, 5.41) is 0. The third-order valence-corrected chi connectivity index (χ3v) is 26.2. The number of unbranched alkanes of at least 4 members (excludes halogenated alkanes) is 4. The van der Waals surface area contributed by atoms with Crippen LogP contribution in [-0.4, -0.2) is 79.7 Å². The van der Waals surface area contributed by atoms with Crippen molar-refractivity contribution in [3.05, 3.63) is 24.3 Å². The molecule has 0 unspecified atom stereocenters. The van der Waals surface area contributed by atoms with E-state index in [0.29, 0.717) is 49.7 Å². The number of rotatable bonds is 38. The summed E-state index contributed by atoms with van der Waals surface area (Å²) < 4.78 is 23.8. The fourth-order valence-electron chi connectivity index (χ4n) is 7.29. The maximum Gasteiger partial charge on any atom is 0.333 e. The molecule has 0 fully saturated rings. The van der Waals surface area contributed by atoms with Crippen molar-refractivity contribution in [3.63, 3.8) is 0 Å². The SMILES string of the molecule is C=C(C)C(=O)OCCCC(=O)CCCC[Si](C)(C)O[Si](C)(C)CCCCC(=S)CCCC(=S)CCCC[Si](C)(C)O[Si](C)(C)CCCCC(=O)CCCOC(=O)C(=C)C. The quantitative estimate of drug-likeness (QED) is 0.0195. The van der Waals surface area contributed by atoms with Crippen molar-refractivity contribution in [1.29, 1.82) is 0 Å². The Balaban J connectivity index is 4.11. The molecule has 0 heterocycles. The minimum atomic E-state index is -1.80. The molecule has 0 bridgehead atoms. The predicted molar refractivity (Wildman–Crippen MR) is 266 cm³/mol. The topological polar surface area (TPSA) is 105 Å². The minimum absolute atomic E-state index is 0.236. The number of hydrogen-bond donors (Lipinski definition) is 0. The average molecular weight is 930 g/mol. The predicted octanol–water partition coefficient (Wildman–Crippen LogP) is 13.4. The standard InChI is InChI=1S/C45H84O8S2Si4/c1-38(2)44(48)50-32-22-26-40(46)24-13-17-34-56(5,6)52-58(9,10)36-19-15-28-42(54)30-21-31-43(55)29-16-20-37-59(11,12)53-57(7,8)35-18-14-25-41(47)27-23-33-51-45(49)39(3)4/h1,3,13-37H2,2,4-12H3. The molecule has 0 aliphatic rings. The Hall–Kier alpha value is -1.27. The summed E-state index contributed by atoms with van der Waals surface area (Å²) >= 11 is 11.5. The Morgan fingerprint density at radius 1 is 0.407 bits per heavy atom. The molecule has 8 nitrogen and oxygen atoms in total. The van der Waals surface area contributed by atoms with Crippen LogP contribution in [0.15, 0.2) is 24.3 Å². The molecule has 0 amide bonds. The van der Waals surface area contributed by atoms with Crippen LogP contribution < -0.4 is 0 Å². The number of hydrogen-bond acceptors (Lipinski definition) is 10. The number of carbonyl (C=O) groups excluding carboxylic acids is 4. The van der Waals surface area contributed by atoms with Crippen molar-refractivity contribution < 1.29 is 36.9 Å². The first-order chi connectivity index (χ1) is 27.4. The van der Waals surface area contributed by atoms with Gasteiger partial charge in [0.25, 0.3) is 0 Å². The molecule has 0 N–H and O–H groups in total. The van der Waals surface area contributed by atoms with Crippen molar-refractivity contribution in [1.82, 2.24) is 0 Å². The van der Waals surface area contributed by atoms with Crippen LogP contribution >= 0.6 is 24.4 Å². The number of ether oxygens (including phenoxy) is 2. The van der Waals surface area contributed by atoms with E-state index in [2.05, 4.69) is 65.5 Å². The van der Waals surface area contributed by atoms with Crippen LogP contribution in [0.25, 0.3) is 0 Å².